The highest BCUT2D eigenvalue weighted by atomic mass is 16.7. The van der Waals surface area contributed by atoms with E-state index in [1.807, 2.05) is 0 Å². The Kier molecular flexibility index (Phi) is 2.50. The first-order chi connectivity index (χ1) is 10.7. The third-order valence-corrected chi connectivity index (χ3v) is 5.73. The number of benzene rings is 1. The summed E-state index contributed by atoms with van der Waals surface area (Å²) < 4.78 is 16.6. The quantitative estimate of drug-likeness (QED) is 0.790. The van der Waals surface area contributed by atoms with Crippen LogP contribution in [0.15, 0.2) is 24.3 Å². The van der Waals surface area contributed by atoms with Gasteiger partial charge in [0.25, 0.3) is 0 Å². The smallest absolute Gasteiger partial charge is 0.231 e. The van der Waals surface area contributed by atoms with Gasteiger partial charge in [-0.25, -0.2) is 0 Å². The minimum absolute atomic E-state index is 0.126. The summed E-state index contributed by atoms with van der Waals surface area (Å²) in [6.45, 7) is 1.83. The molecule has 5 rings (SSSR count). The van der Waals surface area contributed by atoms with Crippen LogP contribution in [0.5, 0.6) is 11.5 Å². The third kappa shape index (κ3) is 1.44. The molecule has 0 aromatic heterocycles. The van der Waals surface area contributed by atoms with E-state index in [1.165, 1.54) is 11.1 Å². The van der Waals surface area contributed by atoms with E-state index in [0.29, 0.717) is 6.54 Å². The van der Waals surface area contributed by atoms with Gasteiger partial charge in [-0.15, -0.1) is 0 Å². The monoisotopic (exact) mass is 301 g/mol. The van der Waals surface area contributed by atoms with Crippen LogP contribution in [0.25, 0.3) is 0 Å². The highest BCUT2D eigenvalue weighted by Crippen LogP contribution is 2.53. The van der Waals surface area contributed by atoms with Crippen LogP contribution in [0.4, 0.5) is 0 Å². The van der Waals surface area contributed by atoms with Crippen molar-refractivity contribution in [2.24, 2.45) is 0 Å². The van der Waals surface area contributed by atoms with Crippen molar-refractivity contribution in [3.63, 3.8) is 0 Å². The Morgan fingerprint density at radius 1 is 1.32 bits per heavy atom. The van der Waals surface area contributed by atoms with Gasteiger partial charge in [0.1, 0.15) is 0 Å². The summed E-state index contributed by atoms with van der Waals surface area (Å²) in [4.78, 5) is 2.38. The average molecular weight is 301 g/mol. The first kappa shape index (κ1) is 12.9. The van der Waals surface area contributed by atoms with Crippen molar-refractivity contribution in [1.82, 2.24) is 4.90 Å². The van der Waals surface area contributed by atoms with E-state index in [0.717, 1.165) is 24.5 Å². The zero-order valence-corrected chi connectivity index (χ0v) is 12.5. The molecule has 22 heavy (non-hydrogen) atoms. The van der Waals surface area contributed by atoms with Crippen LogP contribution in [0.1, 0.15) is 17.5 Å². The van der Waals surface area contributed by atoms with Gasteiger partial charge >= 0.3 is 0 Å². The SMILES string of the molecule is CO[C@H]1C=C[C@]23c4cc5c(cc4CN(C[C@@H]2O)[C@H]3C1)OCO5. The van der Waals surface area contributed by atoms with Gasteiger partial charge < -0.3 is 19.3 Å². The summed E-state index contributed by atoms with van der Waals surface area (Å²) in [5.41, 5.74) is 2.08. The molecule has 1 aromatic carbocycles. The molecule has 1 saturated heterocycles. The number of fused-ring (bicyclic) bond motifs is 2. The van der Waals surface area contributed by atoms with Gasteiger partial charge in [0, 0.05) is 26.2 Å². The number of aliphatic hydroxyl groups excluding tert-OH is 1. The summed E-state index contributed by atoms with van der Waals surface area (Å²) in [7, 11) is 1.75. The van der Waals surface area contributed by atoms with Crippen molar-refractivity contribution in [2.45, 2.75) is 36.6 Å². The number of nitrogens with zero attached hydrogens (tertiary/aromatic N) is 1. The van der Waals surface area contributed by atoms with Crippen molar-refractivity contribution < 1.29 is 19.3 Å². The molecule has 0 radical (unpaired) electrons. The molecule has 0 saturated carbocycles. The molecular formula is C17H19NO4. The molecule has 3 heterocycles. The number of hydrogen-bond donors (Lipinski definition) is 1. The largest absolute Gasteiger partial charge is 0.454 e. The predicted molar refractivity (Wildman–Crippen MR) is 79.0 cm³/mol. The number of aliphatic hydroxyl groups is 1. The Morgan fingerprint density at radius 2 is 2.14 bits per heavy atom. The van der Waals surface area contributed by atoms with E-state index in [4.69, 9.17) is 14.2 Å². The number of ether oxygens (including phenoxy) is 3. The fourth-order valence-electron chi connectivity index (χ4n) is 4.69. The number of methoxy groups -OCH3 is 1. The summed E-state index contributed by atoms with van der Waals surface area (Å²) in [5.74, 6) is 1.61. The lowest BCUT2D eigenvalue weighted by Gasteiger charge is -2.46. The third-order valence-electron chi connectivity index (χ3n) is 5.73. The maximum absolute atomic E-state index is 10.8. The average Bonchev–Trinajstić information content (AvgIpc) is 3.06. The van der Waals surface area contributed by atoms with Gasteiger partial charge in [0.15, 0.2) is 11.5 Å². The van der Waals surface area contributed by atoms with Crippen LogP contribution in [-0.2, 0) is 16.7 Å². The molecular weight excluding hydrogens is 282 g/mol. The van der Waals surface area contributed by atoms with Crippen LogP contribution >= 0.6 is 0 Å². The van der Waals surface area contributed by atoms with E-state index in [9.17, 15) is 5.11 Å². The molecule has 1 aliphatic carbocycles. The molecule has 1 unspecified atom stereocenters. The number of rotatable bonds is 1. The van der Waals surface area contributed by atoms with Gasteiger partial charge in [-0.3, -0.25) is 4.90 Å². The minimum atomic E-state index is -0.395. The first-order valence-corrected chi connectivity index (χ1v) is 7.79. The lowest BCUT2D eigenvalue weighted by atomic mass is 9.65. The fraction of sp³-hybridized carbons (Fsp3) is 0.529. The summed E-state index contributed by atoms with van der Waals surface area (Å²) >= 11 is 0. The zero-order valence-electron chi connectivity index (χ0n) is 12.5. The fourth-order valence-corrected chi connectivity index (χ4v) is 4.69. The Labute approximate surface area is 129 Å². The number of hydrogen-bond acceptors (Lipinski definition) is 5. The van der Waals surface area contributed by atoms with Crippen molar-refractivity contribution in [3.8, 4) is 11.5 Å². The molecule has 5 heteroatoms. The van der Waals surface area contributed by atoms with E-state index < -0.39 is 6.10 Å². The van der Waals surface area contributed by atoms with Gasteiger partial charge in [0.05, 0.1) is 17.6 Å². The minimum Gasteiger partial charge on any atom is -0.454 e. The molecule has 5 nitrogen and oxygen atoms in total. The molecule has 1 aromatic rings. The van der Waals surface area contributed by atoms with E-state index >= 15 is 0 Å². The van der Waals surface area contributed by atoms with Crippen LogP contribution in [-0.4, -0.2) is 48.7 Å². The predicted octanol–water partition coefficient (Wildman–Crippen LogP) is 1.19. The van der Waals surface area contributed by atoms with E-state index in [1.54, 1.807) is 7.11 Å². The second-order valence-electron chi connectivity index (χ2n) is 6.63. The summed E-state index contributed by atoms with van der Waals surface area (Å²) in [6, 6.07) is 4.44. The van der Waals surface area contributed by atoms with Crippen molar-refractivity contribution in [2.75, 3.05) is 20.4 Å². The zero-order chi connectivity index (χ0) is 14.9. The lowest BCUT2D eigenvalue weighted by Crippen LogP contribution is -2.52. The molecule has 1 N–H and O–H groups in total. The molecule has 1 fully saturated rings. The molecule has 4 aliphatic rings. The summed E-state index contributed by atoms with van der Waals surface area (Å²) in [5, 5.41) is 10.8. The molecule has 0 spiro atoms. The van der Waals surface area contributed by atoms with Crippen LogP contribution in [0, 0.1) is 0 Å². The van der Waals surface area contributed by atoms with Crippen molar-refractivity contribution in [3.05, 3.63) is 35.4 Å². The van der Waals surface area contributed by atoms with Gasteiger partial charge in [-0.2, -0.15) is 0 Å². The Bertz CT molecular complexity index is 673. The van der Waals surface area contributed by atoms with Crippen molar-refractivity contribution >= 4 is 0 Å². The van der Waals surface area contributed by atoms with Gasteiger partial charge in [-0.05, 0) is 29.7 Å². The van der Waals surface area contributed by atoms with Crippen LogP contribution in [0.2, 0.25) is 0 Å². The van der Waals surface area contributed by atoms with Gasteiger partial charge in [-0.1, -0.05) is 12.2 Å². The Morgan fingerprint density at radius 3 is 2.95 bits per heavy atom. The first-order valence-electron chi connectivity index (χ1n) is 7.79. The van der Waals surface area contributed by atoms with Crippen LogP contribution < -0.4 is 9.47 Å². The molecule has 2 bridgehead atoms. The molecule has 0 amide bonds. The second kappa shape index (κ2) is 4.25. The van der Waals surface area contributed by atoms with Crippen molar-refractivity contribution in [1.29, 1.82) is 0 Å². The lowest BCUT2D eigenvalue weighted by molar-refractivity contribution is 0.0660. The maximum atomic E-state index is 10.8. The molecule has 5 atom stereocenters. The van der Waals surface area contributed by atoms with E-state index in [2.05, 4.69) is 29.2 Å². The molecule has 116 valence electrons. The normalized spacial score (nSPS) is 40.5. The molecule has 3 aliphatic heterocycles. The van der Waals surface area contributed by atoms with Gasteiger partial charge in [0.2, 0.25) is 6.79 Å². The summed E-state index contributed by atoms with van der Waals surface area (Å²) in [6.07, 6.45) is 4.91. The topological polar surface area (TPSA) is 51.2 Å². The van der Waals surface area contributed by atoms with E-state index in [-0.39, 0.29) is 24.4 Å². The highest BCUT2D eigenvalue weighted by Gasteiger charge is 2.58. The Hall–Kier alpha value is -1.56. The standard InChI is InChI=1S/C17H19NO4/c1-20-11-2-3-17-12-6-14-13(21-9-22-14)4-10(12)7-18(8-16(17)19)15(17)5-11/h2-4,6,11,15-16,19H,5,7-9H2,1H3/t11-,15-,16-,17+/m0/s1. The maximum Gasteiger partial charge on any atom is 0.231 e. The highest BCUT2D eigenvalue weighted by molar-refractivity contribution is 5.56. The Balaban J connectivity index is 1.72. The second-order valence-corrected chi connectivity index (χ2v) is 6.63. The van der Waals surface area contributed by atoms with Crippen LogP contribution in [0.3, 0.4) is 0 Å².